The predicted molar refractivity (Wildman–Crippen MR) is 245 cm³/mol. The van der Waals surface area contributed by atoms with Crippen molar-refractivity contribution >= 4 is 12.2 Å². The molecule has 0 spiro atoms. The first-order chi connectivity index (χ1) is 27.0. The van der Waals surface area contributed by atoms with Crippen LogP contribution in [0.4, 0.5) is 0 Å². The molecule has 58 heavy (non-hydrogen) atoms. The predicted octanol–water partition coefficient (Wildman–Crippen LogP) is 13.6. The van der Waals surface area contributed by atoms with Crippen molar-refractivity contribution in [3.63, 3.8) is 0 Å². The van der Waals surface area contributed by atoms with Gasteiger partial charge < -0.3 is 10.2 Å². The quantitative estimate of drug-likeness (QED) is 0.176. The SMILES string of the molecule is CC(C)(C)c1ccc2c(c1)C(O)(c1ccccc1/C=C/c1ccccc1C1(O)c3cc(C(C)(C)C)ccc3-c3ccc(C(C)(C)C)cc31)c1cc(C(C)(C)C)ccc1-2. The molecule has 296 valence electrons. The van der Waals surface area contributed by atoms with Gasteiger partial charge in [0.1, 0.15) is 11.2 Å². The number of fused-ring (bicyclic) bond motifs is 6. The van der Waals surface area contributed by atoms with Crippen molar-refractivity contribution in [1.82, 2.24) is 0 Å². The van der Waals surface area contributed by atoms with Crippen molar-refractivity contribution in [2.75, 3.05) is 0 Å². The molecule has 2 heteroatoms. The van der Waals surface area contributed by atoms with Crippen LogP contribution in [-0.4, -0.2) is 10.2 Å². The Morgan fingerprint density at radius 1 is 0.328 bits per heavy atom. The zero-order chi connectivity index (χ0) is 41.8. The Bertz CT molecular complexity index is 2310. The van der Waals surface area contributed by atoms with E-state index in [0.29, 0.717) is 0 Å². The van der Waals surface area contributed by atoms with Gasteiger partial charge in [-0.1, -0.05) is 217 Å². The summed E-state index contributed by atoms with van der Waals surface area (Å²) in [7, 11) is 0. The molecule has 0 atom stereocenters. The fourth-order valence-corrected chi connectivity index (χ4v) is 9.17. The molecule has 2 nitrogen and oxygen atoms in total. The molecule has 0 amide bonds. The average molecular weight is 765 g/mol. The van der Waals surface area contributed by atoms with E-state index in [0.717, 1.165) is 66.8 Å². The summed E-state index contributed by atoms with van der Waals surface area (Å²) < 4.78 is 0. The van der Waals surface area contributed by atoms with Gasteiger partial charge in [-0.15, -0.1) is 0 Å². The van der Waals surface area contributed by atoms with Gasteiger partial charge >= 0.3 is 0 Å². The van der Waals surface area contributed by atoms with E-state index in [-0.39, 0.29) is 21.7 Å². The van der Waals surface area contributed by atoms with Crippen LogP contribution in [0.3, 0.4) is 0 Å². The van der Waals surface area contributed by atoms with Crippen LogP contribution in [0.5, 0.6) is 0 Å². The van der Waals surface area contributed by atoms with Gasteiger partial charge in [0.2, 0.25) is 0 Å². The first-order valence-corrected chi connectivity index (χ1v) is 21.0. The van der Waals surface area contributed by atoms with Gasteiger partial charge in [-0.3, -0.25) is 0 Å². The highest BCUT2D eigenvalue weighted by atomic mass is 16.3. The molecule has 0 unspecified atom stereocenters. The van der Waals surface area contributed by atoms with Gasteiger partial charge in [0.15, 0.2) is 0 Å². The zero-order valence-corrected chi connectivity index (χ0v) is 36.6. The van der Waals surface area contributed by atoms with E-state index in [1.165, 1.54) is 22.3 Å². The maximum Gasteiger partial charge on any atom is 0.142 e. The molecule has 0 fully saturated rings. The first kappa shape index (κ1) is 39.8. The Labute approximate surface area is 347 Å². The summed E-state index contributed by atoms with van der Waals surface area (Å²) in [6, 6.07) is 43.1. The molecule has 0 heterocycles. The minimum atomic E-state index is -1.39. The molecule has 0 saturated heterocycles. The smallest absolute Gasteiger partial charge is 0.142 e. The van der Waals surface area contributed by atoms with E-state index in [1.54, 1.807) is 0 Å². The minimum Gasteiger partial charge on any atom is -0.376 e. The fraction of sp³-hybridized carbons (Fsp3) is 0.321. The minimum absolute atomic E-state index is 0.0938. The molecule has 0 aliphatic heterocycles. The van der Waals surface area contributed by atoms with E-state index in [1.807, 2.05) is 24.3 Å². The molecule has 2 aliphatic rings. The van der Waals surface area contributed by atoms with E-state index in [9.17, 15) is 10.2 Å². The highest BCUT2D eigenvalue weighted by Crippen LogP contribution is 2.55. The molecule has 2 aliphatic carbocycles. The van der Waals surface area contributed by atoms with Crippen LogP contribution in [0, 0.1) is 0 Å². The summed E-state index contributed by atoms with van der Waals surface area (Å²) in [6.45, 7) is 26.7. The third-order valence-electron chi connectivity index (χ3n) is 12.8. The van der Waals surface area contributed by atoms with Gasteiger partial charge in [0, 0.05) is 22.3 Å². The summed E-state index contributed by atoms with van der Waals surface area (Å²) >= 11 is 0. The molecule has 2 N–H and O–H groups in total. The maximum atomic E-state index is 13.5. The Kier molecular flexibility index (Phi) is 9.09. The third-order valence-corrected chi connectivity index (χ3v) is 12.8. The summed E-state index contributed by atoms with van der Waals surface area (Å²) in [4.78, 5) is 0. The van der Waals surface area contributed by atoms with Gasteiger partial charge in [-0.25, -0.2) is 0 Å². The number of hydrogen-bond donors (Lipinski definition) is 2. The van der Waals surface area contributed by atoms with Gasteiger partial charge in [-0.2, -0.15) is 0 Å². The Hall–Kier alpha value is -5.02. The lowest BCUT2D eigenvalue weighted by Crippen LogP contribution is -2.29. The molecule has 8 rings (SSSR count). The van der Waals surface area contributed by atoms with Gasteiger partial charge in [-0.05, 0) is 88.4 Å². The van der Waals surface area contributed by atoms with Crippen LogP contribution in [0.25, 0.3) is 34.4 Å². The first-order valence-electron chi connectivity index (χ1n) is 21.0. The average Bonchev–Trinajstić information content (AvgIpc) is 3.57. The summed E-state index contributed by atoms with van der Waals surface area (Å²) in [5, 5.41) is 27.0. The lowest BCUT2D eigenvalue weighted by atomic mass is 9.77. The maximum absolute atomic E-state index is 13.5. The van der Waals surface area contributed by atoms with Gasteiger partial charge in [0.05, 0.1) is 0 Å². The van der Waals surface area contributed by atoms with Crippen molar-refractivity contribution in [3.8, 4) is 22.3 Å². The van der Waals surface area contributed by atoms with E-state index in [4.69, 9.17) is 0 Å². The van der Waals surface area contributed by atoms with Crippen molar-refractivity contribution in [3.05, 3.63) is 188 Å². The van der Waals surface area contributed by atoms with Crippen molar-refractivity contribution in [2.45, 2.75) is 116 Å². The van der Waals surface area contributed by atoms with Crippen LogP contribution in [0.2, 0.25) is 0 Å². The monoisotopic (exact) mass is 764 g/mol. The molecule has 0 bridgehead atoms. The summed E-state index contributed by atoms with van der Waals surface area (Å²) in [6.07, 6.45) is 4.25. The topological polar surface area (TPSA) is 40.5 Å². The van der Waals surface area contributed by atoms with Crippen LogP contribution >= 0.6 is 0 Å². The summed E-state index contributed by atoms with van der Waals surface area (Å²) in [5.74, 6) is 0. The van der Waals surface area contributed by atoms with Crippen molar-refractivity contribution < 1.29 is 10.2 Å². The van der Waals surface area contributed by atoms with E-state index in [2.05, 4.69) is 192 Å². The zero-order valence-electron chi connectivity index (χ0n) is 36.6. The molecular weight excluding hydrogens is 705 g/mol. The third kappa shape index (κ3) is 6.32. The van der Waals surface area contributed by atoms with Crippen LogP contribution < -0.4 is 0 Å². The second-order valence-electron chi connectivity index (χ2n) is 21.0. The van der Waals surface area contributed by atoms with Crippen LogP contribution in [0.1, 0.15) is 150 Å². The summed E-state index contributed by atoms with van der Waals surface area (Å²) in [5.41, 5.74) is 13.0. The van der Waals surface area contributed by atoms with Crippen molar-refractivity contribution in [1.29, 1.82) is 0 Å². The molecule has 0 aromatic heterocycles. The molecule has 6 aromatic rings. The number of hydrogen-bond acceptors (Lipinski definition) is 2. The van der Waals surface area contributed by atoms with Gasteiger partial charge in [0.25, 0.3) is 0 Å². The molecular formula is C56H60O2. The van der Waals surface area contributed by atoms with E-state index < -0.39 is 11.2 Å². The van der Waals surface area contributed by atoms with Crippen molar-refractivity contribution in [2.24, 2.45) is 0 Å². The Morgan fingerprint density at radius 3 is 0.810 bits per heavy atom. The number of aliphatic hydroxyl groups is 2. The van der Waals surface area contributed by atoms with Crippen LogP contribution in [-0.2, 0) is 32.9 Å². The molecule has 0 saturated carbocycles. The number of rotatable bonds is 4. The lowest BCUT2D eigenvalue weighted by Gasteiger charge is -2.31. The van der Waals surface area contributed by atoms with E-state index >= 15 is 0 Å². The Balaban J connectivity index is 1.32. The second-order valence-corrected chi connectivity index (χ2v) is 21.0. The fourth-order valence-electron chi connectivity index (χ4n) is 9.17. The lowest BCUT2D eigenvalue weighted by molar-refractivity contribution is 0.129. The molecule has 6 aromatic carbocycles. The normalized spacial score (nSPS) is 15.6. The standard InChI is InChI=1S/C56H60O2/c1-51(2,3)37-23-27-41-42-28-24-38(52(4,5)6)32-48(42)55(57,47(41)31-37)45-19-15-13-17-35(45)21-22-36-18-14-16-20-46(36)56(58)49-33-39(53(7,8)9)25-29-43(49)44-30-26-40(34-50(44)56)54(10,11)12/h13-34,57-58H,1-12H3/b22-21+. The second kappa shape index (κ2) is 13.2. The van der Waals surface area contributed by atoms with Crippen LogP contribution in [0.15, 0.2) is 121 Å². The Morgan fingerprint density at radius 2 is 0.569 bits per heavy atom. The highest BCUT2D eigenvalue weighted by Gasteiger charge is 2.47. The molecule has 0 radical (unpaired) electrons. The number of benzene rings is 6. The highest BCUT2D eigenvalue weighted by molar-refractivity contribution is 5.87. The largest absolute Gasteiger partial charge is 0.376 e.